The van der Waals surface area contributed by atoms with Crippen LogP contribution in [0.5, 0.6) is 0 Å². The molecule has 7 heteroatoms. The first-order valence-corrected chi connectivity index (χ1v) is 9.30. The summed E-state index contributed by atoms with van der Waals surface area (Å²) in [5.41, 5.74) is 4.30. The van der Waals surface area contributed by atoms with E-state index in [1.54, 1.807) is 6.20 Å². The van der Waals surface area contributed by atoms with E-state index in [-0.39, 0.29) is 11.8 Å². The molecule has 2 aromatic heterocycles. The van der Waals surface area contributed by atoms with Crippen LogP contribution in [0.1, 0.15) is 12.5 Å². The van der Waals surface area contributed by atoms with Crippen LogP contribution in [0.15, 0.2) is 42.7 Å². The topological polar surface area (TPSA) is 87.3 Å². The maximum absolute atomic E-state index is 12.6. The van der Waals surface area contributed by atoms with E-state index in [4.69, 9.17) is 4.74 Å². The van der Waals surface area contributed by atoms with Crippen molar-refractivity contribution in [1.29, 1.82) is 0 Å². The van der Waals surface area contributed by atoms with Crippen LogP contribution in [-0.2, 0) is 20.7 Å². The van der Waals surface area contributed by atoms with Gasteiger partial charge in [-0.25, -0.2) is 4.98 Å². The van der Waals surface area contributed by atoms with E-state index in [0.717, 1.165) is 33.4 Å². The number of hydrogen-bond acceptors (Lipinski definition) is 4. The molecule has 0 unspecified atom stereocenters. The van der Waals surface area contributed by atoms with Gasteiger partial charge in [0.25, 0.3) is 0 Å². The van der Waals surface area contributed by atoms with Gasteiger partial charge in [0.2, 0.25) is 11.8 Å². The number of carbonyl (C=O) groups excluding carboxylic acids is 2. The van der Waals surface area contributed by atoms with E-state index in [1.807, 2.05) is 41.4 Å². The van der Waals surface area contributed by atoms with Gasteiger partial charge in [0.1, 0.15) is 5.65 Å². The smallest absolute Gasteiger partial charge is 0.227 e. The predicted molar refractivity (Wildman–Crippen MR) is 107 cm³/mol. The molecule has 3 heterocycles. The fraction of sp³-hybridized carbons (Fsp3) is 0.286. The van der Waals surface area contributed by atoms with Crippen molar-refractivity contribution < 1.29 is 14.3 Å². The Morgan fingerprint density at radius 1 is 1.21 bits per heavy atom. The number of benzene rings is 1. The first kappa shape index (κ1) is 18.2. The molecule has 1 aliphatic rings. The minimum absolute atomic E-state index is 0.0993. The Hall–Kier alpha value is -3.19. The minimum Gasteiger partial charge on any atom is -0.378 e. The van der Waals surface area contributed by atoms with Crippen molar-refractivity contribution in [3.63, 3.8) is 0 Å². The van der Waals surface area contributed by atoms with Gasteiger partial charge in [-0.1, -0.05) is 12.1 Å². The van der Waals surface area contributed by atoms with Crippen LogP contribution in [0.25, 0.3) is 22.2 Å². The van der Waals surface area contributed by atoms with E-state index >= 15 is 0 Å². The fourth-order valence-electron chi connectivity index (χ4n) is 3.43. The number of pyridine rings is 1. The highest BCUT2D eigenvalue weighted by molar-refractivity contribution is 5.91. The number of H-pyrrole nitrogens is 1. The number of anilines is 1. The second-order valence-electron chi connectivity index (χ2n) is 6.87. The summed E-state index contributed by atoms with van der Waals surface area (Å²) in [5, 5.41) is 3.73. The summed E-state index contributed by atoms with van der Waals surface area (Å²) in [7, 11) is 0. The second kappa shape index (κ2) is 7.82. The zero-order chi connectivity index (χ0) is 19.5. The van der Waals surface area contributed by atoms with Crippen LogP contribution < -0.4 is 5.32 Å². The van der Waals surface area contributed by atoms with E-state index in [2.05, 4.69) is 15.3 Å². The monoisotopic (exact) mass is 378 g/mol. The van der Waals surface area contributed by atoms with Crippen molar-refractivity contribution in [2.24, 2.45) is 0 Å². The van der Waals surface area contributed by atoms with Gasteiger partial charge >= 0.3 is 0 Å². The molecule has 0 saturated carbocycles. The molecule has 0 radical (unpaired) electrons. The number of fused-ring (bicyclic) bond motifs is 1. The lowest BCUT2D eigenvalue weighted by Crippen LogP contribution is -2.41. The number of ether oxygens (including phenoxy) is 1. The molecule has 144 valence electrons. The molecule has 0 atom stereocenters. The Balaban J connectivity index is 1.61. The lowest BCUT2D eigenvalue weighted by Gasteiger charge is -2.26. The second-order valence-corrected chi connectivity index (χ2v) is 6.87. The normalized spacial score (nSPS) is 14.2. The van der Waals surface area contributed by atoms with Gasteiger partial charge in [-0.2, -0.15) is 0 Å². The lowest BCUT2D eigenvalue weighted by atomic mass is 10.0. The summed E-state index contributed by atoms with van der Waals surface area (Å²) in [6.07, 6.45) is 3.98. The number of nitrogens with one attached hydrogen (secondary N) is 2. The van der Waals surface area contributed by atoms with Crippen molar-refractivity contribution in [3.8, 4) is 11.1 Å². The van der Waals surface area contributed by atoms with Gasteiger partial charge in [0.15, 0.2) is 0 Å². The molecule has 3 aromatic rings. The molecule has 0 spiro atoms. The number of aromatic nitrogens is 2. The van der Waals surface area contributed by atoms with Crippen LogP contribution in [0, 0.1) is 0 Å². The van der Waals surface area contributed by atoms with E-state index in [9.17, 15) is 9.59 Å². The maximum atomic E-state index is 12.6. The molecule has 28 heavy (non-hydrogen) atoms. The van der Waals surface area contributed by atoms with E-state index in [0.29, 0.717) is 32.7 Å². The van der Waals surface area contributed by atoms with Crippen molar-refractivity contribution in [2.75, 3.05) is 31.6 Å². The Morgan fingerprint density at radius 2 is 2.04 bits per heavy atom. The van der Waals surface area contributed by atoms with Gasteiger partial charge in [-0.05, 0) is 29.3 Å². The van der Waals surface area contributed by atoms with Crippen molar-refractivity contribution in [3.05, 3.63) is 48.3 Å². The number of nitrogens with zero attached hydrogens (tertiary/aromatic N) is 2. The summed E-state index contributed by atoms with van der Waals surface area (Å²) in [6, 6.07) is 9.66. The molecule has 1 saturated heterocycles. The van der Waals surface area contributed by atoms with E-state index < -0.39 is 0 Å². The number of morpholine rings is 1. The molecular formula is C21H22N4O3. The van der Waals surface area contributed by atoms with E-state index in [1.165, 1.54) is 6.92 Å². The molecular weight excluding hydrogens is 356 g/mol. The van der Waals surface area contributed by atoms with Gasteiger partial charge in [0, 0.05) is 49.0 Å². The maximum Gasteiger partial charge on any atom is 0.227 e. The highest BCUT2D eigenvalue weighted by Crippen LogP contribution is 2.27. The van der Waals surface area contributed by atoms with Crippen LogP contribution in [-0.4, -0.2) is 53.0 Å². The highest BCUT2D eigenvalue weighted by atomic mass is 16.5. The van der Waals surface area contributed by atoms with Crippen LogP contribution >= 0.6 is 0 Å². The fourth-order valence-corrected chi connectivity index (χ4v) is 3.43. The zero-order valence-electron chi connectivity index (χ0n) is 15.7. The summed E-state index contributed by atoms with van der Waals surface area (Å²) in [4.78, 5) is 33.4. The average molecular weight is 378 g/mol. The van der Waals surface area contributed by atoms with Crippen LogP contribution in [0.2, 0.25) is 0 Å². The van der Waals surface area contributed by atoms with Crippen LogP contribution in [0.3, 0.4) is 0 Å². The number of carbonyl (C=O) groups is 2. The number of amides is 2. The Kier molecular flexibility index (Phi) is 5.08. The molecule has 1 fully saturated rings. The summed E-state index contributed by atoms with van der Waals surface area (Å²) >= 11 is 0. The molecule has 0 bridgehead atoms. The first-order valence-electron chi connectivity index (χ1n) is 9.30. The van der Waals surface area contributed by atoms with Crippen molar-refractivity contribution >= 4 is 28.5 Å². The zero-order valence-corrected chi connectivity index (χ0v) is 15.7. The Labute approximate surface area is 162 Å². The van der Waals surface area contributed by atoms with Gasteiger partial charge in [0.05, 0.1) is 19.6 Å². The Bertz CT molecular complexity index is 1020. The molecule has 7 nitrogen and oxygen atoms in total. The van der Waals surface area contributed by atoms with Gasteiger partial charge in [-0.15, -0.1) is 0 Å². The minimum atomic E-state index is -0.111. The van der Waals surface area contributed by atoms with Gasteiger partial charge in [-0.3, -0.25) is 9.59 Å². The molecule has 2 amide bonds. The lowest BCUT2D eigenvalue weighted by molar-refractivity contribution is -0.134. The third-order valence-electron chi connectivity index (χ3n) is 4.84. The number of hydrogen-bond donors (Lipinski definition) is 2. The quantitative estimate of drug-likeness (QED) is 0.731. The van der Waals surface area contributed by atoms with Crippen molar-refractivity contribution in [1.82, 2.24) is 14.9 Å². The molecule has 0 aliphatic carbocycles. The largest absolute Gasteiger partial charge is 0.378 e. The molecule has 2 N–H and O–H groups in total. The Morgan fingerprint density at radius 3 is 2.82 bits per heavy atom. The average Bonchev–Trinajstić information content (AvgIpc) is 3.10. The summed E-state index contributed by atoms with van der Waals surface area (Å²) in [6.45, 7) is 3.95. The summed E-state index contributed by atoms with van der Waals surface area (Å²) < 4.78 is 5.32. The highest BCUT2D eigenvalue weighted by Gasteiger charge is 2.19. The van der Waals surface area contributed by atoms with Crippen molar-refractivity contribution in [2.45, 2.75) is 13.3 Å². The first-order chi connectivity index (χ1) is 13.6. The van der Waals surface area contributed by atoms with Crippen LogP contribution in [0.4, 0.5) is 5.69 Å². The summed E-state index contributed by atoms with van der Waals surface area (Å²) in [5.74, 6) is -0.0115. The number of rotatable bonds is 4. The third kappa shape index (κ3) is 3.89. The SMILES string of the molecule is CC(=O)Nc1cccc(-c2cnc3[nH]cc(CC(=O)N4CCOCC4)c3c2)c1. The molecule has 4 rings (SSSR count). The standard InChI is InChI=1S/C21H22N4O3/c1-14(26)24-18-4-2-3-15(9-18)16-10-19-17(13-23-21(19)22-12-16)11-20(27)25-5-7-28-8-6-25/h2-4,9-10,12-13H,5-8,11H2,1H3,(H,22,23)(H,24,26). The molecule has 1 aliphatic heterocycles. The third-order valence-corrected chi connectivity index (χ3v) is 4.84. The van der Waals surface area contributed by atoms with Gasteiger partial charge < -0.3 is 19.9 Å². The number of aromatic amines is 1. The molecule has 1 aromatic carbocycles. The predicted octanol–water partition coefficient (Wildman–Crippen LogP) is 2.59.